The molecule has 1 aromatic rings. The summed E-state index contributed by atoms with van der Waals surface area (Å²) in [5.41, 5.74) is 2.50. The van der Waals surface area contributed by atoms with E-state index >= 15 is 0 Å². The molecule has 16 heavy (non-hydrogen) atoms. The molecule has 1 saturated heterocycles. The maximum atomic E-state index is 5.54. The summed E-state index contributed by atoms with van der Waals surface area (Å²) in [6.07, 6.45) is 3.91. The molecule has 0 radical (unpaired) electrons. The van der Waals surface area contributed by atoms with Gasteiger partial charge in [0.05, 0.1) is 25.9 Å². The van der Waals surface area contributed by atoms with Crippen molar-refractivity contribution in [3.05, 3.63) is 29.6 Å². The molecule has 4 nitrogen and oxygen atoms in total. The Kier molecular flexibility index (Phi) is 4.27. The van der Waals surface area contributed by atoms with E-state index in [0.717, 1.165) is 19.7 Å². The minimum Gasteiger partial charge on any atom is -0.376 e. The number of hydrogen-bond acceptors (Lipinski definition) is 4. The van der Waals surface area contributed by atoms with Crippen molar-refractivity contribution in [1.82, 2.24) is 10.3 Å². The topological polar surface area (TPSA) is 43.4 Å². The van der Waals surface area contributed by atoms with Crippen molar-refractivity contribution in [3.8, 4) is 0 Å². The summed E-state index contributed by atoms with van der Waals surface area (Å²) in [5, 5.41) is 3.37. The van der Waals surface area contributed by atoms with E-state index in [1.54, 1.807) is 0 Å². The van der Waals surface area contributed by atoms with E-state index in [2.05, 4.69) is 17.2 Å². The van der Waals surface area contributed by atoms with Crippen molar-refractivity contribution in [1.29, 1.82) is 0 Å². The van der Waals surface area contributed by atoms with Gasteiger partial charge < -0.3 is 14.8 Å². The second-order valence-electron chi connectivity index (χ2n) is 4.00. The predicted molar refractivity (Wildman–Crippen MR) is 61.2 cm³/mol. The number of rotatable bonds is 4. The van der Waals surface area contributed by atoms with Crippen LogP contribution < -0.4 is 5.32 Å². The zero-order valence-corrected chi connectivity index (χ0v) is 9.61. The average Bonchev–Trinajstić information content (AvgIpc) is 2.33. The molecule has 1 aliphatic rings. The minimum absolute atomic E-state index is 0.186. The third kappa shape index (κ3) is 3.27. The highest BCUT2D eigenvalue weighted by molar-refractivity contribution is 5.20. The van der Waals surface area contributed by atoms with Crippen LogP contribution >= 0.6 is 0 Å². The van der Waals surface area contributed by atoms with Gasteiger partial charge in [-0.3, -0.25) is 4.98 Å². The van der Waals surface area contributed by atoms with Crippen LogP contribution in [0.3, 0.4) is 0 Å². The van der Waals surface area contributed by atoms with E-state index < -0.39 is 0 Å². The summed E-state index contributed by atoms with van der Waals surface area (Å²) in [5.74, 6) is 0. The van der Waals surface area contributed by atoms with Gasteiger partial charge in [0.15, 0.2) is 0 Å². The zero-order valence-electron chi connectivity index (χ0n) is 9.61. The Morgan fingerprint density at radius 3 is 3.19 bits per heavy atom. The van der Waals surface area contributed by atoms with Crippen LogP contribution in [-0.2, 0) is 16.0 Å². The summed E-state index contributed by atoms with van der Waals surface area (Å²) in [6.45, 7) is 5.88. The molecule has 88 valence electrons. The van der Waals surface area contributed by atoms with E-state index in [-0.39, 0.29) is 6.10 Å². The van der Waals surface area contributed by atoms with Gasteiger partial charge in [-0.25, -0.2) is 0 Å². The summed E-state index contributed by atoms with van der Waals surface area (Å²) in [6, 6.07) is 2.03. The lowest BCUT2D eigenvalue weighted by molar-refractivity contribution is -0.0864. The summed E-state index contributed by atoms with van der Waals surface area (Å²) in [4.78, 5) is 4.11. The number of nitrogens with zero attached hydrogens (tertiary/aromatic N) is 1. The van der Waals surface area contributed by atoms with Gasteiger partial charge in [-0.15, -0.1) is 0 Å². The third-order valence-electron chi connectivity index (χ3n) is 2.72. The molecule has 0 aromatic carbocycles. The largest absolute Gasteiger partial charge is 0.376 e. The molecule has 2 heterocycles. The SMILES string of the molecule is Cc1ccncc1CNCC1COCCO1. The monoisotopic (exact) mass is 222 g/mol. The lowest BCUT2D eigenvalue weighted by Gasteiger charge is -2.23. The maximum absolute atomic E-state index is 5.54. The minimum atomic E-state index is 0.186. The molecular formula is C12H18N2O2. The van der Waals surface area contributed by atoms with Crippen molar-refractivity contribution in [2.45, 2.75) is 19.6 Å². The summed E-state index contributed by atoms with van der Waals surface area (Å²) in [7, 11) is 0. The van der Waals surface area contributed by atoms with Crippen LogP contribution in [0.15, 0.2) is 18.5 Å². The van der Waals surface area contributed by atoms with Crippen LogP contribution in [0, 0.1) is 6.92 Å². The molecule has 4 heteroatoms. The first-order valence-corrected chi connectivity index (χ1v) is 5.66. The Labute approximate surface area is 96.0 Å². The van der Waals surface area contributed by atoms with Gasteiger partial charge in [0, 0.05) is 25.5 Å². The first-order chi connectivity index (χ1) is 7.86. The average molecular weight is 222 g/mol. The molecule has 0 saturated carbocycles. The fourth-order valence-corrected chi connectivity index (χ4v) is 1.70. The van der Waals surface area contributed by atoms with Crippen LogP contribution in [0.25, 0.3) is 0 Å². The van der Waals surface area contributed by atoms with E-state index in [4.69, 9.17) is 9.47 Å². The highest BCUT2D eigenvalue weighted by Gasteiger charge is 2.13. The fourth-order valence-electron chi connectivity index (χ4n) is 1.70. The number of aromatic nitrogens is 1. The molecule has 1 aliphatic heterocycles. The Balaban J connectivity index is 1.73. The van der Waals surface area contributed by atoms with Gasteiger partial charge in [-0.05, 0) is 24.1 Å². The predicted octanol–water partition coefficient (Wildman–Crippen LogP) is 0.895. The summed E-state index contributed by atoms with van der Waals surface area (Å²) < 4.78 is 10.9. The Morgan fingerprint density at radius 2 is 2.44 bits per heavy atom. The van der Waals surface area contributed by atoms with E-state index in [9.17, 15) is 0 Å². The third-order valence-corrected chi connectivity index (χ3v) is 2.72. The number of nitrogens with one attached hydrogen (secondary N) is 1. The van der Waals surface area contributed by atoms with Crippen LogP contribution in [0.5, 0.6) is 0 Å². The van der Waals surface area contributed by atoms with Gasteiger partial charge in [-0.1, -0.05) is 0 Å². The van der Waals surface area contributed by atoms with E-state index in [0.29, 0.717) is 13.2 Å². The molecule has 2 rings (SSSR count). The number of aryl methyl sites for hydroxylation is 1. The Bertz CT molecular complexity index is 325. The highest BCUT2D eigenvalue weighted by atomic mass is 16.6. The van der Waals surface area contributed by atoms with Crippen LogP contribution in [-0.4, -0.2) is 37.5 Å². The molecule has 0 spiro atoms. The first kappa shape index (κ1) is 11.5. The van der Waals surface area contributed by atoms with E-state index in [1.807, 2.05) is 18.5 Å². The lowest BCUT2D eigenvalue weighted by Crippen LogP contribution is -2.37. The molecule has 0 aliphatic carbocycles. The van der Waals surface area contributed by atoms with Crippen molar-refractivity contribution in [3.63, 3.8) is 0 Å². The zero-order chi connectivity index (χ0) is 11.2. The molecule has 1 N–H and O–H groups in total. The summed E-state index contributed by atoms with van der Waals surface area (Å²) >= 11 is 0. The fraction of sp³-hybridized carbons (Fsp3) is 0.583. The second kappa shape index (κ2) is 5.94. The van der Waals surface area contributed by atoms with Crippen molar-refractivity contribution >= 4 is 0 Å². The molecule has 1 aromatic heterocycles. The molecular weight excluding hydrogens is 204 g/mol. The lowest BCUT2D eigenvalue weighted by atomic mass is 10.1. The van der Waals surface area contributed by atoms with Crippen molar-refractivity contribution in [2.24, 2.45) is 0 Å². The smallest absolute Gasteiger partial charge is 0.0933 e. The van der Waals surface area contributed by atoms with Crippen molar-refractivity contribution < 1.29 is 9.47 Å². The van der Waals surface area contributed by atoms with Crippen LogP contribution in [0.1, 0.15) is 11.1 Å². The first-order valence-electron chi connectivity index (χ1n) is 5.66. The number of ether oxygens (including phenoxy) is 2. The van der Waals surface area contributed by atoms with E-state index in [1.165, 1.54) is 11.1 Å². The molecule has 1 fully saturated rings. The number of pyridine rings is 1. The Hall–Kier alpha value is -0.970. The molecule has 1 unspecified atom stereocenters. The van der Waals surface area contributed by atoms with Crippen LogP contribution in [0.2, 0.25) is 0 Å². The van der Waals surface area contributed by atoms with Gasteiger partial charge in [0.1, 0.15) is 0 Å². The van der Waals surface area contributed by atoms with Gasteiger partial charge >= 0.3 is 0 Å². The normalized spacial score (nSPS) is 20.9. The maximum Gasteiger partial charge on any atom is 0.0933 e. The molecule has 0 amide bonds. The standard InChI is InChI=1S/C12H18N2O2/c1-10-2-3-13-6-11(10)7-14-8-12-9-15-4-5-16-12/h2-3,6,12,14H,4-5,7-9H2,1H3. The van der Waals surface area contributed by atoms with Crippen molar-refractivity contribution in [2.75, 3.05) is 26.4 Å². The van der Waals surface area contributed by atoms with Crippen LogP contribution in [0.4, 0.5) is 0 Å². The quantitative estimate of drug-likeness (QED) is 0.822. The van der Waals surface area contributed by atoms with Gasteiger partial charge in [0.2, 0.25) is 0 Å². The molecule has 0 bridgehead atoms. The molecule has 1 atom stereocenters. The number of hydrogen-bond donors (Lipinski definition) is 1. The highest BCUT2D eigenvalue weighted by Crippen LogP contribution is 2.05. The van der Waals surface area contributed by atoms with Gasteiger partial charge in [-0.2, -0.15) is 0 Å². The Morgan fingerprint density at radius 1 is 1.50 bits per heavy atom. The second-order valence-corrected chi connectivity index (χ2v) is 4.00. The van der Waals surface area contributed by atoms with Gasteiger partial charge in [0.25, 0.3) is 0 Å².